The normalized spacial score (nSPS) is 10.9. The highest BCUT2D eigenvalue weighted by Crippen LogP contribution is 2.23. The fraction of sp³-hybridized carbons (Fsp3) is 0.522. The first kappa shape index (κ1) is 42.4. The van der Waals surface area contributed by atoms with E-state index in [9.17, 15) is 9.59 Å². The number of ether oxygens (including phenoxy) is 4. The van der Waals surface area contributed by atoms with Gasteiger partial charge in [-0.1, -0.05) is 142 Å². The van der Waals surface area contributed by atoms with Crippen LogP contribution >= 0.6 is 0 Å². The summed E-state index contributed by atoms with van der Waals surface area (Å²) in [5.41, 5.74) is 1.08. The Morgan fingerprint density at radius 1 is 0.481 bits per heavy atom. The quantitative estimate of drug-likeness (QED) is 0.0405. The summed E-state index contributed by atoms with van der Waals surface area (Å²) in [7, 11) is 0. The molecule has 0 amide bonds. The van der Waals surface area contributed by atoms with Crippen LogP contribution in [0.15, 0.2) is 73.3 Å². The van der Waals surface area contributed by atoms with E-state index in [0.717, 1.165) is 24.3 Å². The molecule has 0 spiro atoms. The topological polar surface area (TPSA) is 71.1 Å². The first-order valence-corrected chi connectivity index (χ1v) is 20.2. The van der Waals surface area contributed by atoms with Gasteiger partial charge in [-0.3, -0.25) is 0 Å². The molecule has 0 radical (unpaired) electrons. The Labute approximate surface area is 314 Å². The van der Waals surface area contributed by atoms with Crippen LogP contribution in [0.3, 0.4) is 0 Å². The SMILES string of the molecule is C=Cc1cc(C(=O)Oc2ccc(OCCCCCCCCCCCC)cc2)ccc1C(=O)Oc1ccc(OCCCCCCCCCCCC)cc1. The predicted molar refractivity (Wildman–Crippen MR) is 214 cm³/mol. The second kappa shape index (κ2) is 26.7. The van der Waals surface area contributed by atoms with E-state index in [4.69, 9.17) is 18.9 Å². The van der Waals surface area contributed by atoms with Gasteiger partial charge in [0, 0.05) is 0 Å². The molecule has 0 atom stereocenters. The molecule has 0 saturated carbocycles. The molecule has 0 aliphatic carbocycles. The van der Waals surface area contributed by atoms with E-state index in [-0.39, 0.29) is 0 Å². The maximum atomic E-state index is 13.0. The number of carbonyl (C=O) groups is 2. The maximum Gasteiger partial charge on any atom is 0.344 e. The van der Waals surface area contributed by atoms with Crippen molar-refractivity contribution >= 4 is 18.0 Å². The average Bonchev–Trinajstić information content (AvgIpc) is 3.17. The minimum Gasteiger partial charge on any atom is -0.494 e. The van der Waals surface area contributed by atoms with E-state index >= 15 is 0 Å². The Hall–Kier alpha value is -4.06. The highest BCUT2D eigenvalue weighted by Gasteiger charge is 2.17. The fourth-order valence-corrected chi connectivity index (χ4v) is 6.14. The van der Waals surface area contributed by atoms with Gasteiger partial charge in [-0.05, 0) is 85.1 Å². The summed E-state index contributed by atoms with van der Waals surface area (Å²) in [4.78, 5) is 26.0. The van der Waals surface area contributed by atoms with Crippen LogP contribution in [0.1, 0.15) is 169 Å². The van der Waals surface area contributed by atoms with E-state index in [1.165, 1.54) is 122 Å². The minimum atomic E-state index is -0.540. The monoisotopic (exact) mass is 712 g/mol. The standard InChI is InChI=1S/C46H64O6/c1-4-7-9-11-13-15-17-19-21-23-35-49-40-26-30-42(31-27-40)51-45(47)39-25-34-44(38(6-3)37-39)46(48)52-43-32-28-41(29-33-43)50-36-24-22-20-18-16-14-12-10-8-5-2/h6,25-34,37H,3-5,7-24,35-36H2,1-2H3. The summed E-state index contributed by atoms with van der Waals surface area (Å²) in [6, 6.07) is 18.8. The number of hydrogen-bond donors (Lipinski definition) is 0. The minimum absolute atomic E-state index is 0.302. The van der Waals surface area contributed by atoms with E-state index in [2.05, 4.69) is 20.4 Å². The lowest BCUT2D eigenvalue weighted by molar-refractivity contribution is 0.0720. The largest absolute Gasteiger partial charge is 0.494 e. The van der Waals surface area contributed by atoms with Crippen molar-refractivity contribution in [3.63, 3.8) is 0 Å². The maximum absolute atomic E-state index is 13.0. The van der Waals surface area contributed by atoms with Crippen molar-refractivity contribution < 1.29 is 28.5 Å². The number of carbonyl (C=O) groups excluding carboxylic acids is 2. The molecule has 0 unspecified atom stereocenters. The molecule has 0 aliphatic rings. The van der Waals surface area contributed by atoms with Gasteiger partial charge in [-0.25, -0.2) is 9.59 Å². The molecule has 6 nitrogen and oxygen atoms in total. The molecule has 3 aromatic carbocycles. The lowest BCUT2D eigenvalue weighted by Gasteiger charge is -2.11. The molecule has 0 heterocycles. The Bertz CT molecular complexity index is 1410. The second-order valence-electron chi connectivity index (χ2n) is 13.8. The average molecular weight is 713 g/mol. The Morgan fingerprint density at radius 3 is 1.25 bits per heavy atom. The van der Waals surface area contributed by atoms with Gasteiger partial charge in [0.05, 0.1) is 24.3 Å². The third-order valence-electron chi connectivity index (χ3n) is 9.33. The van der Waals surface area contributed by atoms with Gasteiger partial charge in [0.15, 0.2) is 0 Å². The summed E-state index contributed by atoms with van der Waals surface area (Å²) in [5, 5.41) is 0. The third-order valence-corrected chi connectivity index (χ3v) is 9.33. The highest BCUT2D eigenvalue weighted by atomic mass is 16.5. The van der Waals surface area contributed by atoms with E-state index in [1.54, 1.807) is 42.5 Å². The Kier molecular flexibility index (Phi) is 21.7. The summed E-state index contributed by atoms with van der Waals surface area (Å²) in [6.45, 7) is 9.68. The number of unbranched alkanes of at least 4 members (excludes halogenated alkanes) is 18. The molecule has 0 N–H and O–H groups in total. The molecular weight excluding hydrogens is 648 g/mol. The van der Waals surface area contributed by atoms with Gasteiger partial charge in [0.25, 0.3) is 0 Å². The van der Waals surface area contributed by atoms with Crippen molar-refractivity contribution in [3.8, 4) is 23.0 Å². The van der Waals surface area contributed by atoms with Crippen molar-refractivity contribution in [2.75, 3.05) is 13.2 Å². The molecule has 0 saturated heterocycles. The third kappa shape index (κ3) is 17.4. The first-order valence-electron chi connectivity index (χ1n) is 20.2. The fourth-order valence-electron chi connectivity index (χ4n) is 6.14. The number of rotatable bonds is 29. The zero-order chi connectivity index (χ0) is 37.1. The van der Waals surface area contributed by atoms with Crippen molar-refractivity contribution in [2.45, 2.75) is 142 Å². The number of esters is 2. The molecule has 0 fully saturated rings. The van der Waals surface area contributed by atoms with Crippen LogP contribution in [-0.2, 0) is 0 Å². The van der Waals surface area contributed by atoms with Crippen LogP contribution in [0, 0.1) is 0 Å². The van der Waals surface area contributed by atoms with Crippen LogP contribution < -0.4 is 18.9 Å². The summed E-state index contributed by atoms with van der Waals surface area (Å²) >= 11 is 0. The molecular formula is C46H64O6. The first-order chi connectivity index (χ1) is 25.5. The van der Waals surface area contributed by atoms with Crippen molar-refractivity contribution in [2.24, 2.45) is 0 Å². The zero-order valence-corrected chi connectivity index (χ0v) is 32.1. The van der Waals surface area contributed by atoms with Crippen molar-refractivity contribution in [1.29, 1.82) is 0 Å². The summed E-state index contributed by atoms with van der Waals surface area (Å²) in [6.07, 6.45) is 27.2. The predicted octanol–water partition coefficient (Wildman–Crippen LogP) is 13.4. The van der Waals surface area contributed by atoms with Gasteiger partial charge < -0.3 is 18.9 Å². The molecule has 52 heavy (non-hydrogen) atoms. The van der Waals surface area contributed by atoms with Crippen molar-refractivity contribution in [3.05, 3.63) is 90.0 Å². The summed E-state index contributed by atoms with van der Waals surface area (Å²) in [5.74, 6) is 1.25. The lowest BCUT2D eigenvalue weighted by atomic mass is 10.0. The molecule has 0 bridgehead atoms. The number of hydrogen-bond acceptors (Lipinski definition) is 6. The number of benzene rings is 3. The van der Waals surface area contributed by atoms with Crippen LogP contribution in [0.25, 0.3) is 6.08 Å². The summed E-state index contributed by atoms with van der Waals surface area (Å²) < 4.78 is 23.0. The van der Waals surface area contributed by atoms with Crippen molar-refractivity contribution in [1.82, 2.24) is 0 Å². The van der Waals surface area contributed by atoms with Crippen LogP contribution in [0.4, 0.5) is 0 Å². The van der Waals surface area contributed by atoms with Crippen LogP contribution in [0.5, 0.6) is 23.0 Å². The molecule has 0 aliphatic heterocycles. The molecule has 6 heteroatoms. The van der Waals surface area contributed by atoms with Crippen LogP contribution in [-0.4, -0.2) is 25.2 Å². The van der Waals surface area contributed by atoms with Gasteiger partial charge in [0.2, 0.25) is 0 Å². The van der Waals surface area contributed by atoms with Gasteiger partial charge >= 0.3 is 11.9 Å². The zero-order valence-electron chi connectivity index (χ0n) is 32.1. The lowest BCUT2D eigenvalue weighted by Crippen LogP contribution is -2.13. The van der Waals surface area contributed by atoms with Gasteiger partial charge in [-0.2, -0.15) is 0 Å². The molecule has 3 rings (SSSR count). The smallest absolute Gasteiger partial charge is 0.344 e. The second-order valence-corrected chi connectivity index (χ2v) is 13.8. The molecule has 0 aromatic heterocycles. The Balaban J connectivity index is 1.34. The van der Waals surface area contributed by atoms with E-state index < -0.39 is 11.9 Å². The highest BCUT2D eigenvalue weighted by molar-refractivity contribution is 5.98. The van der Waals surface area contributed by atoms with Crippen LogP contribution in [0.2, 0.25) is 0 Å². The molecule has 284 valence electrons. The van der Waals surface area contributed by atoms with Gasteiger partial charge in [0.1, 0.15) is 23.0 Å². The van der Waals surface area contributed by atoms with E-state index in [1.807, 2.05) is 24.3 Å². The van der Waals surface area contributed by atoms with Gasteiger partial charge in [-0.15, -0.1) is 0 Å². The van der Waals surface area contributed by atoms with E-state index in [0.29, 0.717) is 41.4 Å². The molecule has 3 aromatic rings. The Morgan fingerprint density at radius 2 is 0.846 bits per heavy atom.